The summed E-state index contributed by atoms with van der Waals surface area (Å²) in [6.07, 6.45) is 3.62. The van der Waals surface area contributed by atoms with Crippen LogP contribution in [0.1, 0.15) is 59.8 Å². The molecule has 6 fully saturated rings. The molecule has 0 unspecified atom stereocenters. The summed E-state index contributed by atoms with van der Waals surface area (Å²) in [6.45, 7) is 13.9. The van der Waals surface area contributed by atoms with E-state index in [4.69, 9.17) is 9.47 Å². The van der Waals surface area contributed by atoms with Crippen LogP contribution in [0.25, 0.3) is 0 Å². The van der Waals surface area contributed by atoms with E-state index in [1.807, 2.05) is 0 Å². The zero-order valence-corrected chi connectivity index (χ0v) is 19.7. The third kappa shape index (κ3) is 2.10. The van der Waals surface area contributed by atoms with Crippen LogP contribution in [0.4, 0.5) is 0 Å². The number of carbonyl (C=O) groups is 3. The highest BCUT2D eigenvalue weighted by molar-refractivity contribution is 5.87. The fraction of sp³-hybridized carbons (Fsp3) is 0.808. The van der Waals surface area contributed by atoms with Crippen LogP contribution < -0.4 is 0 Å². The van der Waals surface area contributed by atoms with Crippen molar-refractivity contribution in [3.63, 3.8) is 0 Å². The van der Waals surface area contributed by atoms with Gasteiger partial charge in [-0.1, -0.05) is 20.4 Å². The quantitative estimate of drug-likeness (QED) is 0.495. The Kier molecular flexibility index (Phi) is 4.08. The van der Waals surface area contributed by atoms with Crippen LogP contribution in [0.5, 0.6) is 0 Å². The molecule has 5 saturated carbocycles. The van der Waals surface area contributed by atoms with E-state index >= 15 is 0 Å². The highest BCUT2D eigenvalue weighted by atomic mass is 16.5. The Morgan fingerprint density at radius 1 is 1.19 bits per heavy atom. The van der Waals surface area contributed by atoms with Gasteiger partial charge in [-0.25, -0.2) is 0 Å². The zero-order valence-electron chi connectivity index (χ0n) is 19.7. The third-order valence-electron chi connectivity index (χ3n) is 10.9. The molecular weight excluding hydrogens is 406 g/mol. The molecule has 6 nitrogen and oxygen atoms in total. The molecular formula is C26H35NO5. The molecule has 32 heavy (non-hydrogen) atoms. The lowest BCUT2D eigenvalue weighted by Gasteiger charge is -2.65. The summed E-state index contributed by atoms with van der Waals surface area (Å²) < 4.78 is 12.2. The van der Waals surface area contributed by atoms with Crippen LogP contribution in [0.15, 0.2) is 12.2 Å². The van der Waals surface area contributed by atoms with Crippen molar-refractivity contribution in [2.24, 2.45) is 39.9 Å². The fourth-order valence-electron chi connectivity index (χ4n) is 10.4. The Bertz CT molecular complexity index is 945. The Labute approximate surface area is 190 Å². The molecule has 6 rings (SSSR count). The molecule has 0 aromatic rings. The number of hydrogen-bond donors (Lipinski definition) is 0. The lowest BCUT2D eigenvalue weighted by molar-refractivity contribution is -0.224. The maximum Gasteiger partial charge on any atom is 0.303 e. The highest BCUT2D eigenvalue weighted by Gasteiger charge is 2.86. The van der Waals surface area contributed by atoms with Gasteiger partial charge < -0.3 is 9.47 Å². The van der Waals surface area contributed by atoms with E-state index in [9.17, 15) is 14.4 Å². The number of hydrogen-bond acceptors (Lipinski definition) is 6. The smallest absolute Gasteiger partial charge is 0.303 e. The van der Waals surface area contributed by atoms with Gasteiger partial charge in [0.15, 0.2) is 0 Å². The van der Waals surface area contributed by atoms with E-state index in [-0.39, 0.29) is 57.9 Å². The SMILES string of the molecule is C=C1[C@@H]2C[C@]3([C@@H]1OC(C)=O)[C@@H]1C[C@@H]4[C@@]5(C)CC[C@H](OC(C)=O)[C@@]4([C@@H]3CC2=O)[C@@H]1N(CC)C5. The first-order valence-electron chi connectivity index (χ1n) is 12.4. The number of ether oxygens (including phenoxy) is 2. The molecule has 1 saturated heterocycles. The number of fused-ring (bicyclic) bond motifs is 1. The number of likely N-dealkylation sites (tertiary alicyclic amines) is 1. The van der Waals surface area contributed by atoms with Crippen LogP contribution >= 0.6 is 0 Å². The van der Waals surface area contributed by atoms with E-state index in [1.165, 1.54) is 13.8 Å². The Morgan fingerprint density at radius 2 is 1.91 bits per heavy atom. The van der Waals surface area contributed by atoms with Crippen molar-refractivity contribution in [2.75, 3.05) is 13.1 Å². The first-order chi connectivity index (χ1) is 15.1. The fourth-order valence-corrected chi connectivity index (χ4v) is 10.4. The average Bonchev–Trinajstić information content (AvgIpc) is 3.24. The van der Waals surface area contributed by atoms with Crippen LogP contribution in [0, 0.1) is 39.9 Å². The molecule has 1 heterocycles. The second-order valence-electron chi connectivity index (χ2n) is 11.8. The lowest BCUT2D eigenvalue weighted by Crippen LogP contribution is -2.69. The predicted octanol–water partition coefficient (Wildman–Crippen LogP) is 3.14. The van der Waals surface area contributed by atoms with E-state index in [1.54, 1.807) is 0 Å². The molecule has 6 heteroatoms. The standard InChI is InChI=1S/C26H35NO5/c1-6-27-12-24(5)8-7-21(31-14(3)28)26-19(24)9-17(22(26)27)25-11-16(18(30)10-20(25)26)13(2)23(25)32-15(4)29/h16-17,19-23H,2,6-12H2,1,3-5H3/t16-,17+,19+,20+,21-,22+,23+,24-,25-,26+/m0/s1. The second-order valence-corrected chi connectivity index (χ2v) is 11.8. The van der Waals surface area contributed by atoms with Gasteiger partial charge in [-0.05, 0) is 61.0 Å². The summed E-state index contributed by atoms with van der Waals surface area (Å²) >= 11 is 0. The van der Waals surface area contributed by atoms with E-state index in [2.05, 4.69) is 25.3 Å². The van der Waals surface area contributed by atoms with Gasteiger partial charge in [-0.3, -0.25) is 19.3 Å². The summed E-state index contributed by atoms with van der Waals surface area (Å²) in [5.41, 5.74) is 0.446. The molecule has 2 spiro atoms. The van der Waals surface area contributed by atoms with Gasteiger partial charge >= 0.3 is 11.9 Å². The van der Waals surface area contributed by atoms with E-state index in [0.29, 0.717) is 18.3 Å². The van der Waals surface area contributed by atoms with Gasteiger partial charge in [0, 0.05) is 49.6 Å². The molecule has 5 aliphatic carbocycles. The molecule has 1 aliphatic heterocycles. The van der Waals surface area contributed by atoms with Crippen molar-refractivity contribution in [1.29, 1.82) is 0 Å². The van der Waals surface area contributed by atoms with Gasteiger partial charge in [0.1, 0.15) is 18.0 Å². The number of ketones is 1. The van der Waals surface area contributed by atoms with Crippen molar-refractivity contribution < 1.29 is 23.9 Å². The van der Waals surface area contributed by atoms with E-state index in [0.717, 1.165) is 44.3 Å². The molecule has 0 N–H and O–H groups in total. The minimum Gasteiger partial charge on any atom is -0.462 e. The Hall–Kier alpha value is -1.69. The van der Waals surface area contributed by atoms with Gasteiger partial charge in [-0.2, -0.15) is 0 Å². The normalized spacial score (nSPS) is 52.7. The first kappa shape index (κ1) is 20.9. The average molecular weight is 442 g/mol. The van der Waals surface area contributed by atoms with Crippen molar-refractivity contribution in [3.05, 3.63) is 12.2 Å². The van der Waals surface area contributed by atoms with Crippen molar-refractivity contribution in [2.45, 2.75) is 78.0 Å². The summed E-state index contributed by atoms with van der Waals surface area (Å²) in [5.74, 6) is 0.322. The van der Waals surface area contributed by atoms with Crippen LogP contribution in [-0.4, -0.2) is 54.0 Å². The lowest BCUT2D eigenvalue weighted by atomic mass is 9.43. The maximum absolute atomic E-state index is 13.4. The summed E-state index contributed by atoms with van der Waals surface area (Å²) in [7, 11) is 0. The van der Waals surface area contributed by atoms with E-state index < -0.39 is 6.10 Å². The largest absolute Gasteiger partial charge is 0.462 e. The molecule has 0 aromatic heterocycles. The highest BCUT2D eigenvalue weighted by Crippen LogP contribution is 2.83. The third-order valence-corrected chi connectivity index (χ3v) is 10.9. The van der Waals surface area contributed by atoms with Crippen LogP contribution in [0.3, 0.4) is 0 Å². The summed E-state index contributed by atoms with van der Waals surface area (Å²) in [6, 6.07) is 0.260. The molecule has 10 atom stereocenters. The van der Waals surface area contributed by atoms with Crippen LogP contribution in [-0.2, 0) is 23.9 Å². The number of rotatable bonds is 3. The number of Topliss-reactive ketones (excluding diaryl/α,β-unsaturated/α-hetero) is 1. The molecule has 6 aliphatic rings. The summed E-state index contributed by atoms with van der Waals surface area (Å²) in [4.78, 5) is 40.5. The Balaban J connectivity index is 1.59. The molecule has 0 aromatic carbocycles. The predicted molar refractivity (Wildman–Crippen MR) is 116 cm³/mol. The Morgan fingerprint density at radius 3 is 2.56 bits per heavy atom. The van der Waals surface area contributed by atoms with Gasteiger partial charge in [-0.15, -0.1) is 0 Å². The van der Waals surface area contributed by atoms with Crippen molar-refractivity contribution in [3.8, 4) is 0 Å². The molecule has 7 bridgehead atoms. The number of carbonyl (C=O) groups excluding carboxylic acids is 3. The van der Waals surface area contributed by atoms with Crippen LogP contribution in [0.2, 0.25) is 0 Å². The molecule has 174 valence electrons. The first-order valence-corrected chi connectivity index (χ1v) is 12.4. The van der Waals surface area contributed by atoms with Crippen molar-refractivity contribution >= 4 is 17.7 Å². The monoisotopic (exact) mass is 441 g/mol. The van der Waals surface area contributed by atoms with Gasteiger partial charge in [0.05, 0.1) is 0 Å². The molecule has 0 amide bonds. The van der Waals surface area contributed by atoms with Gasteiger partial charge in [0.25, 0.3) is 0 Å². The summed E-state index contributed by atoms with van der Waals surface area (Å²) in [5, 5.41) is 0. The van der Waals surface area contributed by atoms with Gasteiger partial charge in [0.2, 0.25) is 0 Å². The number of nitrogens with zero attached hydrogens (tertiary/aromatic N) is 1. The number of piperidine rings is 1. The maximum atomic E-state index is 13.4. The second kappa shape index (κ2) is 6.25. The minimum atomic E-state index is -0.405. The zero-order chi connectivity index (χ0) is 22.8. The molecule has 0 radical (unpaired) electrons. The number of esters is 2. The van der Waals surface area contributed by atoms with Crippen molar-refractivity contribution in [1.82, 2.24) is 4.90 Å². The minimum absolute atomic E-state index is 0.0643. The topological polar surface area (TPSA) is 72.9 Å².